The third-order valence-electron chi connectivity index (χ3n) is 14.3. The summed E-state index contributed by atoms with van der Waals surface area (Å²) in [5.41, 5.74) is 16.9. The number of halogens is 2. The Morgan fingerprint density at radius 1 is 0.433 bits per heavy atom. The van der Waals surface area contributed by atoms with Crippen molar-refractivity contribution >= 4 is 35.1 Å². The van der Waals surface area contributed by atoms with Gasteiger partial charge in [0.25, 0.3) is 0 Å². The van der Waals surface area contributed by atoms with Crippen molar-refractivity contribution < 1.29 is 15.6 Å². The zero-order chi connectivity index (χ0) is 42.6. The van der Waals surface area contributed by atoms with Crippen LogP contribution in [0.5, 0.6) is 0 Å². The van der Waals surface area contributed by atoms with Crippen molar-refractivity contribution in [2.75, 3.05) is 0 Å². The van der Waals surface area contributed by atoms with Crippen molar-refractivity contribution in [1.82, 2.24) is 0 Å². The van der Waals surface area contributed by atoms with Crippen LogP contribution in [0.1, 0.15) is 184 Å². The van der Waals surface area contributed by atoms with E-state index in [1.807, 2.05) is 0 Å². The molecule has 0 radical (unpaired) electrons. The molecule has 2 aliphatic carbocycles. The normalized spacial score (nSPS) is 16.7. The summed E-state index contributed by atoms with van der Waals surface area (Å²) in [4.78, 5) is 0. The Bertz CT molecular complexity index is 1900. The third kappa shape index (κ3) is 10.7. The number of rotatable bonds is 25. The Morgan fingerprint density at radius 3 is 1.12 bits per heavy atom. The molecule has 0 saturated carbocycles. The van der Waals surface area contributed by atoms with Gasteiger partial charge in [-0.15, -0.1) is 0 Å². The molecule has 0 aliphatic heterocycles. The number of aryl methyl sites for hydroxylation is 2. The predicted octanol–water partition coefficient (Wildman–Crippen LogP) is 18.8. The maximum atomic E-state index is 9.00. The number of allylic oxidation sites excluding steroid dienone is 2. The van der Waals surface area contributed by atoms with Gasteiger partial charge in [0, 0.05) is 0 Å². The first kappa shape index (κ1) is 47.5. The van der Waals surface area contributed by atoms with Crippen molar-refractivity contribution in [1.29, 1.82) is 0 Å². The fourth-order valence-electron chi connectivity index (χ4n) is 10.7. The average Bonchev–Trinajstić information content (AvgIpc) is 3.84. The number of hydrogen-bond acceptors (Lipinski definition) is 0. The summed E-state index contributed by atoms with van der Waals surface area (Å²) >= 11 is -4.94. The standard InChI is InChI=1S/2C27H35.C2H7Si.2ClH.Zr/c2*1-3-5-7-9-12-22-16-18-24(19-17-22)26-15-11-14-25-20-23(21-27(25)26)13-10-8-6-4-2;1-3-2;;;/h2*11,14-21H,3-10,12-13H2,1-2H3;3H,1-2H3;2*1H;/q;;;;;+2/p-2. The van der Waals surface area contributed by atoms with Gasteiger partial charge in [0.1, 0.15) is 0 Å². The molecule has 4 aromatic carbocycles. The number of unbranched alkanes of at least 4 members (excludes halogenated alkanes) is 12. The molecule has 0 amide bonds. The molecule has 0 heterocycles. The molecule has 0 N–H and O–H groups in total. The van der Waals surface area contributed by atoms with Crippen LogP contribution >= 0.6 is 17.0 Å². The summed E-state index contributed by atoms with van der Waals surface area (Å²) < 4.78 is 0.253. The Morgan fingerprint density at radius 2 is 0.783 bits per heavy atom. The first-order valence-corrected chi connectivity index (χ1v) is 40.9. The molecule has 0 aromatic heterocycles. The minimum absolute atomic E-state index is 0.126. The van der Waals surface area contributed by atoms with Gasteiger partial charge in [0.15, 0.2) is 0 Å². The Balaban J connectivity index is 1.45. The fourth-order valence-corrected chi connectivity index (χ4v) is 42.2. The molecule has 60 heavy (non-hydrogen) atoms. The molecule has 2 unspecified atom stereocenters. The molecule has 0 saturated heterocycles. The molecule has 0 nitrogen and oxygen atoms in total. The van der Waals surface area contributed by atoms with Crippen LogP contribution < -0.4 is 0 Å². The van der Waals surface area contributed by atoms with E-state index in [1.165, 1.54) is 170 Å². The summed E-state index contributed by atoms with van der Waals surface area (Å²) in [6.45, 7) is 14.3. The van der Waals surface area contributed by atoms with E-state index >= 15 is 0 Å². The SMILES string of the molecule is CCCCCCC1=Cc2c(-c3ccc(CCCCCC)cc3)cccc2[CH]1[Zr]([Cl])([Cl])([CH]1C(CCCCCC)=Cc2c(-c3ccc(CCCCCC)cc3)cccc21)[SiH](C)C. The van der Waals surface area contributed by atoms with Gasteiger partial charge in [-0.1, -0.05) is 26.7 Å². The van der Waals surface area contributed by atoms with Crippen LogP contribution in [0.4, 0.5) is 0 Å². The van der Waals surface area contributed by atoms with E-state index in [4.69, 9.17) is 17.0 Å². The van der Waals surface area contributed by atoms with E-state index in [-0.39, 0.29) is 7.25 Å². The molecule has 2 aliphatic rings. The predicted molar refractivity (Wildman–Crippen MR) is 269 cm³/mol. The van der Waals surface area contributed by atoms with Gasteiger partial charge in [0.2, 0.25) is 0 Å². The van der Waals surface area contributed by atoms with E-state index in [2.05, 4.69) is 138 Å². The van der Waals surface area contributed by atoms with Gasteiger partial charge in [0.05, 0.1) is 0 Å². The summed E-state index contributed by atoms with van der Waals surface area (Å²) in [6.07, 6.45) is 30.0. The van der Waals surface area contributed by atoms with E-state index in [9.17, 15) is 0 Å². The Kier molecular flexibility index (Phi) is 17.9. The molecule has 6 rings (SSSR count). The molecule has 4 heteroatoms. The van der Waals surface area contributed by atoms with Crippen LogP contribution in [0, 0.1) is 0 Å². The van der Waals surface area contributed by atoms with E-state index < -0.39 is 21.5 Å². The van der Waals surface area contributed by atoms with Crippen LogP contribution in [-0.2, 0) is 28.4 Å². The van der Waals surface area contributed by atoms with E-state index in [1.54, 1.807) is 0 Å². The molecule has 0 fully saturated rings. The van der Waals surface area contributed by atoms with E-state index in [0.717, 1.165) is 25.7 Å². The average molecular weight is 940 g/mol. The van der Waals surface area contributed by atoms with Gasteiger partial charge < -0.3 is 0 Å². The van der Waals surface area contributed by atoms with Crippen molar-refractivity contribution in [2.24, 2.45) is 0 Å². The van der Waals surface area contributed by atoms with Crippen molar-refractivity contribution in [3.8, 4) is 22.3 Å². The summed E-state index contributed by atoms with van der Waals surface area (Å²) in [6, 6.07) is 33.2. The molecular formula is C56H77Cl2SiZr. The monoisotopic (exact) mass is 937 g/mol. The zero-order valence-electron chi connectivity index (χ0n) is 38.4. The second-order valence-corrected chi connectivity index (χ2v) is 61.4. The minimum atomic E-state index is -4.94. The van der Waals surface area contributed by atoms with E-state index in [0.29, 0.717) is 0 Å². The van der Waals surface area contributed by atoms with Crippen LogP contribution in [0.3, 0.4) is 0 Å². The molecular weight excluding hydrogens is 863 g/mol. The first-order valence-electron chi connectivity index (χ1n) is 24.6. The number of benzene rings is 4. The second-order valence-electron chi connectivity index (χ2n) is 18.9. The van der Waals surface area contributed by atoms with Crippen LogP contribution in [0.15, 0.2) is 96.1 Å². The fraction of sp³-hybridized carbons (Fsp3) is 0.500. The van der Waals surface area contributed by atoms with Gasteiger partial charge in [-0.2, -0.15) is 0 Å². The topological polar surface area (TPSA) is 0 Å². The number of fused-ring (bicyclic) bond motifs is 2. The van der Waals surface area contributed by atoms with Gasteiger partial charge in [-0.3, -0.25) is 0 Å². The maximum absolute atomic E-state index is 9.00. The Hall–Kier alpha value is -1.96. The van der Waals surface area contributed by atoms with Gasteiger partial charge in [-0.05, 0) is 0 Å². The first-order chi connectivity index (χ1) is 29.2. The summed E-state index contributed by atoms with van der Waals surface area (Å²) in [5.74, 6) is -1.68. The van der Waals surface area contributed by atoms with Gasteiger partial charge in [-0.25, -0.2) is 0 Å². The Labute approximate surface area is 375 Å². The molecule has 2 atom stereocenters. The molecule has 323 valence electrons. The van der Waals surface area contributed by atoms with Crippen molar-refractivity contribution in [3.05, 3.63) is 129 Å². The third-order valence-corrected chi connectivity index (χ3v) is 66.2. The summed E-state index contributed by atoms with van der Waals surface area (Å²) in [5, 5.41) is 0. The molecule has 0 bridgehead atoms. The second kappa shape index (κ2) is 22.6. The molecule has 0 spiro atoms. The van der Waals surface area contributed by atoms with Crippen molar-refractivity contribution in [2.45, 2.75) is 176 Å². The van der Waals surface area contributed by atoms with Crippen molar-refractivity contribution in [3.63, 3.8) is 0 Å². The van der Waals surface area contributed by atoms with Crippen LogP contribution in [0.2, 0.25) is 13.1 Å². The quantitative estimate of drug-likeness (QED) is 0.0459. The zero-order valence-corrected chi connectivity index (χ0v) is 43.5. The van der Waals surface area contributed by atoms with Crippen LogP contribution in [0.25, 0.3) is 34.4 Å². The van der Waals surface area contributed by atoms with Crippen LogP contribution in [-0.4, -0.2) is 5.92 Å². The summed E-state index contributed by atoms with van der Waals surface area (Å²) in [7, 11) is 18.0. The van der Waals surface area contributed by atoms with Gasteiger partial charge >= 0.3 is 352 Å². The number of hydrogen-bond donors (Lipinski definition) is 0. The molecule has 4 aromatic rings.